The molecule has 1 atom stereocenters. The highest BCUT2D eigenvalue weighted by Gasteiger charge is 2.26. The van der Waals surface area contributed by atoms with Crippen LogP contribution in [0.15, 0.2) is 18.2 Å². The van der Waals surface area contributed by atoms with Crippen LogP contribution in [0.3, 0.4) is 0 Å². The van der Waals surface area contributed by atoms with Gasteiger partial charge in [-0.1, -0.05) is 0 Å². The van der Waals surface area contributed by atoms with Crippen molar-refractivity contribution in [3.05, 3.63) is 35.4 Å². The Hall–Kier alpha value is -1.49. The van der Waals surface area contributed by atoms with Crippen LogP contribution in [-0.4, -0.2) is 29.9 Å². The summed E-state index contributed by atoms with van der Waals surface area (Å²) in [6.45, 7) is 0.978. The highest BCUT2D eigenvalue weighted by Crippen LogP contribution is 2.12. The molecule has 0 bridgehead atoms. The lowest BCUT2D eigenvalue weighted by Gasteiger charge is -2.15. The zero-order chi connectivity index (χ0) is 12.4. The van der Waals surface area contributed by atoms with E-state index >= 15 is 0 Å². The van der Waals surface area contributed by atoms with Crippen LogP contribution in [0.2, 0.25) is 0 Å². The van der Waals surface area contributed by atoms with Crippen molar-refractivity contribution in [2.75, 3.05) is 13.1 Å². The Morgan fingerprint density at radius 1 is 1.29 bits per heavy atom. The first-order chi connectivity index (χ1) is 8.04. The third-order valence-electron chi connectivity index (χ3n) is 2.84. The van der Waals surface area contributed by atoms with Crippen LogP contribution in [0.25, 0.3) is 0 Å². The third kappa shape index (κ3) is 3.00. The Morgan fingerprint density at radius 3 is 2.47 bits per heavy atom. The van der Waals surface area contributed by atoms with E-state index in [4.69, 9.17) is 5.73 Å². The normalized spacial score (nSPS) is 20.1. The van der Waals surface area contributed by atoms with Crippen molar-refractivity contribution in [3.8, 4) is 0 Å². The average molecular weight is 240 g/mol. The molecule has 0 aliphatic carbocycles. The maximum absolute atomic E-state index is 12.9. The van der Waals surface area contributed by atoms with Crippen LogP contribution in [0.5, 0.6) is 0 Å². The average Bonchev–Trinajstić information content (AvgIpc) is 2.53. The SMILES string of the molecule is NC1CC(=O)N(CCc2cc(F)cc(F)c2)C1. The second-order valence-electron chi connectivity index (χ2n) is 4.33. The fraction of sp³-hybridized carbons (Fsp3) is 0.417. The Balaban J connectivity index is 1.96. The van der Waals surface area contributed by atoms with Gasteiger partial charge in [-0.3, -0.25) is 4.79 Å². The van der Waals surface area contributed by atoms with E-state index in [-0.39, 0.29) is 11.9 Å². The maximum atomic E-state index is 12.9. The number of nitrogens with zero attached hydrogens (tertiary/aromatic N) is 1. The standard InChI is InChI=1S/C12H14F2N2O/c13-9-3-8(4-10(14)5-9)1-2-16-7-11(15)6-12(16)17/h3-5,11H,1-2,6-7,15H2. The van der Waals surface area contributed by atoms with Crippen LogP contribution in [0.4, 0.5) is 8.78 Å². The fourth-order valence-corrected chi connectivity index (χ4v) is 2.04. The minimum Gasteiger partial charge on any atom is -0.341 e. The number of nitrogens with two attached hydrogens (primary N) is 1. The summed E-state index contributed by atoms with van der Waals surface area (Å²) in [5.74, 6) is -1.18. The molecule has 2 N–H and O–H groups in total. The topological polar surface area (TPSA) is 46.3 Å². The molecule has 1 aromatic rings. The zero-order valence-corrected chi connectivity index (χ0v) is 9.33. The molecule has 1 aliphatic heterocycles. The predicted octanol–water partition coefficient (Wildman–Crippen LogP) is 1.07. The molecule has 0 spiro atoms. The van der Waals surface area contributed by atoms with Gasteiger partial charge in [-0.25, -0.2) is 8.78 Å². The molecule has 1 heterocycles. The molecule has 1 fully saturated rings. The van der Waals surface area contributed by atoms with Gasteiger partial charge in [0, 0.05) is 31.6 Å². The number of amides is 1. The Bertz CT molecular complexity index is 416. The van der Waals surface area contributed by atoms with Crippen molar-refractivity contribution >= 4 is 5.91 Å². The summed E-state index contributed by atoms with van der Waals surface area (Å²) in [7, 11) is 0. The highest BCUT2D eigenvalue weighted by atomic mass is 19.1. The molecule has 0 aromatic heterocycles. The molecule has 3 nitrogen and oxygen atoms in total. The Labute approximate surface area is 98.2 Å². The minimum atomic E-state index is -0.593. The molecule has 1 amide bonds. The third-order valence-corrected chi connectivity index (χ3v) is 2.84. The number of rotatable bonds is 3. The van der Waals surface area contributed by atoms with E-state index in [2.05, 4.69) is 0 Å². The van der Waals surface area contributed by atoms with Gasteiger partial charge in [0.2, 0.25) is 5.91 Å². The molecular formula is C12H14F2N2O. The van der Waals surface area contributed by atoms with E-state index in [9.17, 15) is 13.6 Å². The molecule has 5 heteroatoms. The number of hydrogen-bond acceptors (Lipinski definition) is 2. The predicted molar refractivity (Wildman–Crippen MR) is 59.2 cm³/mol. The Kier molecular flexibility index (Phi) is 3.38. The molecule has 1 unspecified atom stereocenters. The number of hydrogen-bond donors (Lipinski definition) is 1. The van der Waals surface area contributed by atoms with E-state index in [0.29, 0.717) is 31.5 Å². The zero-order valence-electron chi connectivity index (χ0n) is 9.33. The van der Waals surface area contributed by atoms with Gasteiger partial charge in [0.15, 0.2) is 0 Å². The van der Waals surface area contributed by atoms with E-state index in [1.54, 1.807) is 4.90 Å². The summed E-state index contributed by atoms with van der Waals surface area (Å²) in [6.07, 6.45) is 0.796. The number of halogens is 2. The first-order valence-electron chi connectivity index (χ1n) is 5.53. The fourth-order valence-electron chi connectivity index (χ4n) is 2.04. The van der Waals surface area contributed by atoms with Gasteiger partial charge in [0.25, 0.3) is 0 Å². The van der Waals surface area contributed by atoms with E-state index in [1.165, 1.54) is 12.1 Å². The van der Waals surface area contributed by atoms with Crippen LogP contribution >= 0.6 is 0 Å². The lowest BCUT2D eigenvalue weighted by molar-refractivity contribution is -0.127. The van der Waals surface area contributed by atoms with Gasteiger partial charge in [-0.05, 0) is 24.1 Å². The van der Waals surface area contributed by atoms with Gasteiger partial charge in [0.05, 0.1) is 0 Å². The highest BCUT2D eigenvalue weighted by molar-refractivity contribution is 5.79. The second-order valence-corrected chi connectivity index (χ2v) is 4.33. The number of likely N-dealkylation sites (tertiary alicyclic amines) is 1. The summed E-state index contributed by atoms with van der Waals surface area (Å²) in [5, 5.41) is 0. The van der Waals surface area contributed by atoms with Crippen LogP contribution < -0.4 is 5.73 Å². The molecule has 2 rings (SSSR count). The first-order valence-corrected chi connectivity index (χ1v) is 5.53. The molecule has 17 heavy (non-hydrogen) atoms. The number of carbonyl (C=O) groups is 1. The summed E-state index contributed by atoms with van der Waals surface area (Å²) in [6, 6.07) is 3.28. The molecule has 0 radical (unpaired) electrons. The molecule has 92 valence electrons. The van der Waals surface area contributed by atoms with E-state index < -0.39 is 11.6 Å². The molecule has 1 saturated heterocycles. The first kappa shape index (κ1) is 12.0. The van der Waals surface area contributed by atoms with Gasteiger partial charge < -0.3 is 10.6 Å². The van der Waals surface area contributed by atoms with E-state index in [1.807, 2.05) is 0 Å². The van der Waals surface area contributed by atoms with Crippen LogP contribution in [-0.2, 0) is 11.2 Å². The Morgan fingerprint density at radius 2 is 1.94 bits per heavy atom. The van der Waals surface area contributed by atoms with Gasteiger partial charge in [0.1, 0.15) is 11.6 Å². The molecular weight excluding hydrogens is 226 g/mol. The number of carbonyl (C=O) groups excluding carboxylic acids is 1. The minimum absolute atomic E-state index is 0.00868. The van der Waals surface area contributed by atoms with Crippen molar-refractivity contribution in [1.82, 2.24) is 4.90 Å². The monoisotopic (exact) mass is 240 g/mol. The van der Waals surface area contributed by atoms with Gasteiger partial charge in [-0.2, -0.15) is 0 Å². The van der Waals surface area contributed by atoms with Gasteiger partial charge in [-0.15, -0.1) is 0 Å². The van der Waals surface area contributed by atoms with Gasteiger partial charge >= 0.3 is 0 Å². The molecule has 1 aromatic carbocycles. The van der Waals surface area contributed by atoms with Crippen molar-refractivity contribution < 1.29 is 13.6 Å². The summed E-state index contributed by atoms with van der Waals surface area (Å²) < 4.78 is 25.9. The largest absolute Gasteiger partial charge is 0.341 e. The van der Waals surface area contributed by atoms with Crippen molar-refractivity contribution in [3.63, 3.8) is 0 Å². The number of benzene rings is 1. The second kappa shape index (κ2) is 4.79. The lowest BCUT2D eigenvalue weighted by Crippen LogP contribution is -2.30. The van der Waals surface area contributed by atoms with Crippen LogP contribution in [0, 0.1) is 11.6 Å². The summed E-state index contributed by atoms with van der Waals surface area (Å²) >= 11 is 0. The van der Waals surface area contributed by atoms with Crippen molar-refractivity contribution in [2.24, 2.45) is 5.73 Å². The summed E-state index contributed by atoms with van der Waals surface area (Å²) in [5.41, 5.74) is 6.20. The van der Waals surface area contributed by atoms with Crippen LogP contribution in [0.1, 0.15) is 12.0 Å². The smallest absolute Gasteiger partial charge is 0.224 e. The van der Waals surface area contributed by atoms with Crippen molar-refractivity contribution in [1.29, 1.82) is 0 Å². The molecule has 0 saturated carbocycles. The quantitative estimate of drug-likeness (QED) is 0.859. The lowest BCUT2D eigenvalue weighted by atomic mass is 10.1. The maximum Gasteiger partial charge on any atom is 0.224 e. The molecule has 1 aliphatic rings. The summed E-state index contributed by atoms with van der Waals surface area (Å²) in [4.78, 5) is 13.1. The van der Waals surface area contributed by atoms with E-state index in [0.717, 1.165) is 6.07 Å². The van der Waals surface area contributed by atoms with Crippen molar-refractivity contribution in [2.45, 2.75) is 18.9 Å².